The number of rotatable bonds is 5. The van der Waals surface area contributed by atoms with Crippen molar-refractivity contribution < 1.29 is 4.74 Å². The van der Waals surface area contributed by atoms with Crippen LogP contribution >= 0.6 is 0 Å². The van der Waals surface area contributed by atoms with E-state index in [-0.39, 0.29) is 0 Å². The molecule has 0 amide bonds. The Morgan fingerprint density at radius 2 is 1.96 bits per heavy atom. The first-order valence-corrected chi connectivity index (χ1v) is 8.49. The third-order valence-electron chi connectivity index (χ3n) is 4.38. The lowest BCUT2D eigenvalue weighted by Crippen LogP contribution is -2.03. The fourth-order valence-corrected chi connectivity index (χ4v) is 3.40. The Morgan fingerprint density at radius 3 is 2.64 bits per heavy atom. The van der Waals surface area contributed by atoms with Crippen LogP contribution in [0.5, 0.6) is 5.75 Å². The SMILES string of the molecule is C=C(C)Cc1c(OC)c(C)cc2ncnc(Cc3cccc(C)c3)c12. The Morgan fingerprint density at radius 1 is 1.16 bits per heavy atom. The molecule has 1 heterocycles. The second-order valence-electron chi connectivity index (χ2n) is 6.72. The molecule has 0 spiro atoms. The van der Waals surface area contributed by atoms with E-state index in [4.69, 9.17) is 4.74 Å². The van der Waals surface area contributed by atoms with Gasteiger partial charge >= 0.3 is 0 Å². The number of benzene rings is 2. The molecule has 2 aromatic carbocycles. The molecular weight excluding hydrogens is 308 g/mol. The Kier molecular flexibility index (Phi) is 4.84. The predicted octanol–water partition coefficient (Wildman–Crippen LogP) is 4.96. The van der Waals surface area contributed by atoms with Crippen molar-refractivity contribution in [3.05, 3.63) is 76.8 Å². The van der Waals surface area contributed by atoms with Crippen LogP contribution in [0.2, 0.25) is 0 Å². The van der Waals surface area contributed by atoms with E-state index in [1.165, 1.54) is 11.1 Å². The van der Waals surface area contributed by atoms with Crippen LogP contribution in [0.4, 0.5) is 0 Å². The van der Waals surface area contributed by atoms with Crippen LogP contribution in [0, 0.1) is 13.8 Å². The molecule has 128 valence electrons. The Hall–Kier alpha value is -2.68. The quantitative estimate of drug-likeness (QED) is 0.619. The van der Waals surface area contributed by atoms with Crippen LogP contribution in [0.1, 0.15) is 34.9 Å². The van der Waals surface area contributed by atoms with Gasteiger partial charge in [0.05, 0.1) is 18.3 Å². The lowest BCUT2D eigenvalue weighted by molar-refractivity contribution is 0.408. The van der Waals surface area contributed by atoms with Gasteiger partial charge in [0.2, 0.25) is 0 Å². The molecule has 0 N–H and O–H groups in total. The molecule has 3 heteroatoms. The summed E-state index contributed by atoms with van der Waals surface area (Å²) in [6, 6.07) is 10.6. The number of aryl methyl sites for hydroxylation is 2. The minimum atomic E-state index is 0.759. The van der Waals surface area contributed by atoms with E-state index in [1.54, 1.807) is 13.4 Å². The van der Waals surface area contributed by atoms with Gasteiger partial charge in [0.1, 0.15) is 12.1 Å². The third-order valence-corrected chi connectivity index (χ3v) is 4.38. The third kappa shape index (κ3) is 3.55. The minimum absolute atomic E-state index is 0.759. The molecule has 0 aliphatic carbocycles. The number of nitrogens with zero attached hydrogens (tertiary/aromatic N) is 2. The fraction of sp³-hybridized carbons (Fsp3) is 0.273. The summed E-state index contributed by atoms with van der Waals surface area (Å²) >= 11 is 0. The van der Waals surface area contributed by atoms with Crippen molar-refractivity contribution in [2.45, 2.75) is 33.6 Å². The molecule has 0 fully saturated rings. The minimum Gasteiger partial charge on any atom is -0.496 e. The second kappa shape index (κ2) is 7.06. The number of aromatic nitrogens is 2. The Labute approximate surface area is 149 Å². The average molecular weight is 332 g/mol. The topological polar surface area (TPSA) is 35.0 Å². The summed E-state index contributed by atoms with van der Waals surface area (Å²) in [6.45, 7) is 10.3. The van der Waals surface area contributed by atoms with Gasteiger partial charge in [-0.15, -0.1) is 0 Å². The number of hydrogen-bond donors (Lipinski definition) is 0. The summed E-state index contributed by atoms with van der Waals surface area (Å²) in [7, 11) is 1.72. The van der Waals surface area contributed by atoms with Crippen molar-refractivity contribution in [1.82, 2.24) is 9.97 Å². The number of methoxy groups -OCH3 is 1. The zero-order chi connectivity index (χ0) is 18.0. The van der Waals surface area contributed by atoms with Gasteiger partial charge < -0.3 is 4.74 Å². The van der Waals surface area contributed by atoms with E-state index >= 15 is 0 Å². The van der Waals surface area contributed by atoms with E-state index in [9.17, 15) is 0 Å². The molecule has 1 aromatic heterocycles. The van der Waals surface area contributed by atoms with Gasteiger partial charge in [0, 0.05) is 17.4 Å². The molecule has 0 aliphatic heterocycles. The highest BCUT2D eigenvalue weighted by Crippen LogP contribution is 2.34. The summed E-state index contributed by atoms with van der Waals surface area (Å²) in [6.07, 6.45) is 3.19. The highest BCUT2D eigenvalue weighted by molar-refractivity contribution is 5.88. The van der Waals surface area contributed by atoms with Crippen LogP contribution in [0.3, 0.4) is 0 Å². The molecule has 0 bridgehead atoms. The summed E-state index contributed by atoms with van der Waals surface area (Å²) in [5.74, 6) is 0.913. The van der Waals surface area contributed by atoms with Crippen molar-refractivity contribution in [1.29, 1.82) is 0 Å². The standard InChI is InChI=1S/C22H24N2O/c1-14(2)9-18-21-19(11-16(4)22(18)25-5)23-13-24-20(21)12-17-8-6-7-15(3)10-17/h6-8,10-11,13H,1,9,12H2,2-5H3. The second-order valence-corrected chi connectivity index (χ2v) is 6.72. The van der Waals surface area contributed by atoms with Gasteiger partial charge in [0.25, 0.3) is 0 Å². The summed E-state index contributed by atoms with van der Waals surface area (Å²) in [5, 5.41) is 1.09. The highest BCUT2D eigenvalue weighted by Gasteiger charge is 2.17. The van der Waals surface area contributed by atoms with Crippen LogP contribution in [-0.4, -0.2) is 17.1 Å². The molecule has 3 rings (SSSR count). The Bertz CT molecular complexity index is 944. The van der Waals surface area contributed by atoms with Crippen LogP contribution in [0.15, 0.2) is 48.8 Å². The van der Waals surface area contributed by atoms with Gasteiger partial charge in [-0.2, -0.15) is 0 Å². The van der Waals surface area contributed by atoms with Crippen molar-refractivity contribution in [2.24, 2.45) is 0 Å². The molecule has 3 aromatic rings. The lowest BCUT2D eigenvalue weighted by atomic mass is 9.94. The van der Waals surface area contributed by atoms with E-state index in [2.05, 4.69) is 60.7 Å². The smallest absolute Gasteiger partial charge is 0.126 e. The number of fused-ring (bicyclic) bond motifs is 1. The maximum absolute atomic E-state index is 5.71. The summed E-state index contributed by atoms with van der Waals surface area (Å²) < 4.78 is 5.71. The number of allylic oxidation sites excluding steroid dienone is 1. The zero-order valence-corrected chi connectivity index (χ0v) is 15.4. The molecule has 0 saturated carbocycles. The first kappa shape index (κ1) is 17.2. The molecule has 0 unspecified atom stereocenters. The van der Waals surface area contributed by atoms with Crippen molar-refractivity contribution in [3.63, 3.8) is 0 Å². The molecule has 3 nitrogen and oxygen atoms in total. The van der Waals surface area contributed by atoms with Crippen molar-refractivity contribution >= 4 is 10.9 Å². The normalized spacial score (nSPS) is 10.9. The highest BCUT2D eigenvalue weighted by atomic mass is 16.5. The van der Waals surface area contributed by atoms with Crippen LogP contribution in [0.25, 0.3) is 10.9 Å². The zero-order valence-electron chi connectivity index (χ0n) is 15.4. The van der Waals surface area contributed by atoms with Gasteiger partial charge in [0.15, 0.2) is 0 Å². The predicted molar refractivity (Wildman–Crippen MR) is 103 cm³/mol. The van der Waals surface area contributed by atoms with Crippen LogP contribution < -0.4 is 4.74 Å². The average Bonchev–Trinajstić information content (AvgIpc) is 2.54. The summed E-state index contributed by atoms with van der Waals surface area (Å²) in [5.41, 5.74) is 7.82. The van der Waals surface area contributed by atoms with Crippen molar-refractivity contribution in [3.8, 4) is 5.75 Å². The first-order valence-electron chi connectivity index (χ1n) is 8.49. The van der Waals surface area contributed by atoms with Gasteiger partial charge in [-0.25, -0.2) is 9.97 Å². The fourth-order valence-electron chi connectivity index (χ4n) is 3.40. The maximum Gasteiger partial charge on any atom is 0.126 e. The molecule has 0 radical (unpaired) electrons. The van der Waals surface area contributed by atoms with Crippen LogP contribution in [-0.2, 0) is 12.8 Å². The van der Waals surface area contributed by atoms with Gasteiger partial charge in [-0.3, -0.25) is 0 Å². The summed E-state index contributed by atoms with van der Waals surface area (Å²) in [4.78, 5) is 9.12. The maximum atomic E-state index is 5.71. The monoisotopic (exact) mass is 332 g/mol. The van der Waals surface area contributed by atoms with Gasteiger partial charge in [-0.05, 0) is 44.4 Å². The number of hydrogen-bond acceptors (Lipinski definition) is 3. The number of ether oxygens (including phenoxy) is 1. The van der Waals surface area contributed by atoms with Gasteiger partial charge in [-0.1, -0.05) is 42.0 Å². The van der Waals surface area contributed by atoms with E-state index in [0.29, 0.717) is 0 Å². The molecule has 0 saturated heterocycles. The molecule has 25 heavy (non-hydrogen) atoms. The first-order chi connectivity index (χ1) is 12.0. The van der Waals surface area contributed by atoms with Crippen molar-refractivity contribution in [2.75, 3.05) is 7.11 Å². The Balaban J connectivity index is 2.23. The molecular formula is C22H24N2O. The largest absolute Gasteiger partial charge is 0.496 e. The molecule has 0 atom stereocenters. The lowest BCUT2D eigenvalue weighted by Gasteiger charge is -2.17. The van der Waals surface area contributed by atoms with E-state index in [0.717, 1.165) is 51.9 Å². The van der Waals surface area contributed by atoms with E-state index < -0.39 is 0 Å². The van der Waals surface area contributed by atoms with E-state index in [1.807, 2.05) is 6.92 Å². The molecule has 0 aliphatic rings.